The monoisotopic (exact) mass is 281 g/mol. The molecule has 1 saturated carbocycles. The van der Waals surface area contributed by atoms with Crippen molar-refractivity contribution in [1.82, 2.24) is 14.8 Å². The summed E-state index contributed by atoms with van der Waals surface area (Å²) in [6.45, 7) is 1.04. The summed E-state index contributed by atoms with van der Waals surface area (Å²) in [6.07, 6.45) is 5.91. The molecule has 1 N–H and O–H groups in total. The maximum Gasteiger partial charge on any atom is 0.303 e. The molecule has 1 aromatic rings. The number of hydrogen-bond donors (Lipinski definition) is 1. The molecular formula is C13H19N3O2S. The van der Waals surface area contributed by atoms with Gasteiger partial charge in [0.25, 0.3) is 0 Å². The molecule has 0 radical (unpaired) electrons. The highest BCUT2D eigenvalue weighted by atomic mass is 32.2. The van der Waals surface area contributed by atoms with Crippen molar-refractivity contribution in [2.24, 2.45) is 5.41 Å². The molecule has 3 rings (SSSR count). The van der Waals surface area contributed by atoms with Crippen LogP contribution in [0, 0.1) is 5.41 Å². The van der Waals surface area contributed by atoms with Crippen LogP contribution in [0.15, 0.2) is 0 Å². The molecule has 0 saturated heterocycles. The van der Waals surface area contributed by atoms with Crippen molar-refractivity contribution in [2.75, 3.05) is 5.75 Å². The zero-order valence-electron chi connectivity index (χ0n) is 11.0. The first-order valence-electron chi connectivity index (χ1n) is 6.89. The molecule has 6 heteroatoms. The van der Waals surface area contributed by atoms with Crippen LogP contribution in [0.2, 0.25) is 0 Å². The lowest BCUT2D eigenvalue weighted by molar-refractivity contribution is -0.138. The van der Waals surface area contributed by atoms with Gasteiger partial charge in [0.1, 0.15) is 11.6 Å². The SMILES string of the molecule is O=C(O)CC1(CSCc2nnc3n2CCCC3)CC1. The Bertz CT molecular complexity index is 482. The second-order valence-corrected chi connectivity index (χ2v) is 6.69. The predicted molar refractivity (Wildman–Crippen MR) is 73.0 cm³/mol. The minimum absolute atomic E-state index is 0.0707. The second kappa shape index (κ2) is 5.15. The Balaban J connectivity index is 1.53. The van der Waals surface area contributed by atoms with Gasteiger partial charge in [-0.05, 0) is 36.9 Å². The lowest BCUT2D eigenvalue weighted by Gasteiger charge is -2.15. The van der Waals surface area contributed by atoms with Gasteiger partial charge in [0.15, 0.2) is 0 Å². The first-order chi connectivity index (χ1) is 9.19. The van der Waals surface area contributed by atoms with Crippen LogP contribution in [0.25, 0.3) is 0 Å². The van der Waals surface area contributed by atoms with Crippen molar-refractivity contribution in [3.63, 3.8) is 0 Å². The molecule has 2 aliphatic rings. The van der Waals surface area contributed by atoms with E-state index in [4.69, 9.17) is 5.11 Å². The number of nitrogens with zero attached hydrogens (tertiary/aromatic N) is 3. The van der Waals surface area contributed by atoms with E-state index in [0.29, 0.717) is 6.42 Å². The fourth-order valence-corrected chi connectivity index (χ4v) is 4.03. The average Bonchev–Trinajstić information content (AvgIpc) is 3.00. The van der Waals surface area contributed by atoms with E-state index in [1.807, 2.05) is 11.8 Å². The number of fused-ring (bicyclic) bond motifs is 1. The highest BCUT2D eigenvalue weighted by Crippen LogP contribution is 2.51. The topological polar surface area (TPSA) is 68.0 Å². The smallest absolute Gasteiger partial charge is 0.303 e. The predicted octanol–water partition coefficient (Wildman–Crippen LogP) is 2.10. The van der Waals surface area contributed by atoms with E-state index in [9.17, 15) is 4.79 Å². The number of aromatic nitrogens is 3. The molecule has 104 valence electrons. The molecule has 0 aromatic carbocycles. The lowest BCUT2D eigenvalue weighted by Crippen LogP contribution is -2.14. The molecule has 0 atom stereocenters. The third-order valence-corrected chi connectivity index (χ3v) is 5.34. The lowest BCUT2D eigenvalue weighted by atomic mass is 10.1. The van der Waals surface area contributed by atoms with Crippen molar-refractivity contribution < 1.29 is 9.90 Å². The number of aliphatic carboxylic acids is 1. The Kier molecular flexibility index (Phi) is 3.52. The van der Waals surface area contributed by atoms with Crippen molar-refractivity contribution in [3.05, 3.63) is 11.6 Å². The Morgan fingerprint density at radius 2 is 2.21 bits per heavy atom. The van der Waals surface area contributed by atoms with Crippen LogP contribution in [0.3, 0.4) is 0 Å². The third kappa shape index (κ3) is 2.94. The molecule has 1 aliphatic heterocycles. The second-order valence-electron chi connectivity index (χ2n) is 5.70. The molecule has 0 spiro atoms. The summed E-state index contributed by atoms with van der Waals surface area (Å²) < 4.78 is 2.24. The van der Waals surface area contributed by atoms with Crippen LogP contribution in [0.5, 0.6) is 0 Å². The van der Waals surface area contributed by atoms with Gasteiger partial charge in [0, 0.05) is 13.0 Å². The van der Waals surface area contributed by atoms with E-state index < -0.39 is 5.97 Å². The first kappa shape index (κ1) is 13.0. The number of carboxylic acids is 1. The molecule has 1 aromatic heterocycles. The number of carboxylic acid groups (broad SMARTS) is 1. The Morgan fingerprint density at radius 3 is 2.95 bits per heavy atom. The molecule has 1 fully saturated rings. The van der Waals surface area contributed by atoms with E-state index in [1.165, 1.54) is 12.8 Å². The van der Waals surface area contributed by atoms with Gasteiger partial charge in [-0.25, -0.2) is 0 Å². The molecule has 0 unspecified atom stereocenters. The highest BCUT2D eigenvalue weighted by Gasteiger charge is 2.44. The largest absolute Gasteiger partial charge is 0.481 e. The summed E-state index contributed by atoms with van der Waals surface area (Å²) in [5.74, 6) is 3.30. The van der Waals surface area contributed by atoms with Gasteiger partial charge in [-0.15, -0.1) is 10.2 Å². The van der Waals surface area contributed by atoms with Crippen LogP contribution in [-0.2, 0) is 23.5 Å². The van der Waals surface area contributed by atoms with Crippen LogP contribution < -0.4 is 0 Å². The third-order valence-electron chi connectivity index (χ3n) is 4.06. The van der Waals surface area contributed by atoms with E-state index in [0.717, 1.165) is 49.0 Å². The first-order valence-corrected chi connectivity index (χ1v) is 8.05. The zero-order valence-corrected chi connectivity index (χ0v) is 11.8. The Labute approximate surface area is 116 Å². The molecule has 0 bridgehead atoms. The standard InChI is InChI=1S/C13H19N3O2S/c17-12(18)7-13(4-5-13)9-19-8-11-15-14-10-3-1-2-6-16(10)11/h1-9H2,(H,17,18). The van der Waals surface area contributed by atoms with Crippen molar-refractivity contribution in [2.45, 2.75) is 50.8 Å². The van der Waals surface area contributed by atoms with E-state index in [2.05, 4.69) is 14.8 Å². The number of carbonyl (C=O) groups is 1. The van der Waals surface area contributed by atoms with Crippen LogP contribution in [-0.4, -0.2) is 31.6 Å². The zero-order chi connectivity index (χ0) is 13.3. The number of hydrogen-bond acceptors (Lipinski definition) is 4. The number of aryl methyl sites for hydroxylation is 1. The summed E-state index contributed by atoms with van der Waals surface area (Å²) in [4.78, 5) is 10.8. The van der Waals surface area contributed by atoms with Crippen molar-refractivity contribution in [1.29, 1.82) is 0 Å². The maximum atomic E-state index is 10.8. The van der Waals surface area contributed by atoms with Gasteiger partial charge in [-0.2, -0.15) is 11.8 Å². The molecule has 1 aliphatic carbocycles. The molecule has 19 heavy (non-hydrogen) atoms. The summed E-state index contributed by atoms with van der Waals surface area (Å²) >= 11 is 1.81. The minimum atomic E-state index is -0.669. The van der Waals surface area contributed by atoms with Crippen LogP contribution in [0.1, 0.15) is 43.8 Å². The van der Waals surface area contributed by atoms with Gasteiger partial charge in [-0.3, -0.25) is 4.79 Å². The molecule has 5 nitrogen and oxygen atoms in total. The van der Waals surface area contributed by atoms with Crippen molar-refractivity contribution in [3.8, 4) is 0 Å². The summed E-state index contributed by atoms with van der Waals surface area (Å²) in [6, 6.07) is 0. The minimum Gasteiger partial charge on any atom is -0.481 e. The van der Waals surface area contributed by atoms with Gasteiger partial charge in [0.2, 0.25) is 0 Å². The summed E-state index contributed by atoms with van der Waals surface area (Å²) in [5, 5.41) is 17.4. The highest BCUT2D eigenvalue weighted by molar-refractivity contribution is 7.98. The van der Waals surface area contributed by atoms with Crippen LogP contribution in [0.4, 0.5) is 0 Å². The molecule has 0 amide bonds. The van der Waals surface area contributed by atoms with Gasteiger partial charge >= 0.3 is 5.97 Å². The Morgan fingerprint density at radius 1 is 1.37 bits per heavy atom. The fourth-order valence-electron chi connectivity index (χ4n) is 2.70. The van der Waals surface area contributed by atoms with Gasteiger partial charge < -0.3 is 9.67 Å². The summed E-state index contributed by atoms with van der Waals surface area (Å²) in [7, 11) is 0. The van der Waals surface area contributed by atoms with Crippen molar-refractivity contribution >= 4 is 17.7 Å². The summed E-state index contributed by atoms with van der Waals surface area (Å²) in [5.41, 5.74) is 0.0707. The quantitative estimate of drug-likeness (QED) is 0.865. The fraction of sp³-hybridized carbons (Fsp3) is 0.769. The van der Waals surface area contributed by atoms with E-state index in [1.54, 1.807) is 0 Å². The molecule has 2 heterocycles. The number of thioether (sulfide) groups is 1. The maximum absolute atomic E-state index is 10.8. The number of rotatable bonds is 6. The average molecular weight is 281 g/mol. The van der Waals surface area contributed by atoms with Crippen LogP contribution >= 0.6 is 11.8 Å². The van der Waals surface area contributed by atoms with E-state index >= 15 is 0 Å². The van der Waals surface area contributed by atoms with Gasteiger partial charge in [-0.1, -0.05) is 0 Å². The van der Waals surface area contributed by atoms with E-state index in [-0.39, 0.29) is 5.41 Å². The molecular weight excluding hydrogens is 262 g/mol. The van der Waals surface area contributed by atoms with Gasteiger partial charge in [0.05, 0.1) is 12.2 Å². The normalized spacial score (nSPS) is 20.0. The Hall–Kier alpha value is -1.04.